The van der Waals surface area contributed by atoms with Crippen molar-refractivity contribution in [2.75, 3.05) is 40.9 Å². The summed E-state index contributed by atoms with van der Waals surface area (Å²) < 4.78 is 23.5. The molecule has 0 heterocycles. The van der Waals surface area contributed by atoms with Crippen LogP contribution in [0.1, 0.15) is 316 Å². The summed E-state index contributed by atoms with van der Waals surface area (Å²) >= 11 is 0. The van der Waals surface area contributed by atoms with Crippen LogP contribution in [-0.4, -0.2) is 68.5 Å². The van der Waals surface area contributed by atoms with Gasteiger partial charge >= 0.3 is 0 Å². The van der Waals surface area contributed by atoms with E-state index in [1.54, 1.807) is 6.08 Å². The van der Waals surface area contributed by atoms with E-state index in [1.807, 2.05) is 27.2 Å². The molecule has 0 aromatic heterocycles. The quantitative estimate of drug-likeness (QED) is 0.0272. The van der Waals surface area contributed by atoms with Crippen molar-refractivity contribution >= 4 is 13.7 Å². The number of hydrogen-bond acceptors (Lipinski definition) is 6. The minimum Gasteiger partial charge on any atom is -0.756 e. The summed E-state index contributed by atoms with van der Waals surface area (Å²) in [6.07, 6.45) is 104. The third-order valence-electron chi connectivity index (χ3n) is 16.1. The maximum absolute atomic E-state index is 13.1. The standard InChI is InChI=1S/C80H141N2O6P/c1-6-8-10-12-14-16-18-20-22-24-26-28-30-32-34-36-37-38-39-40-41-42-43-44-45-46-48-50-52-54-56-58-60-62-64-66-68-70-72-74-80(84)81-78(77-88-89(85,86)87-76-75-82(3,4)5)79(83)73-71-69-67-65-63-61-59-57-55-53-51-49-47-35-33-31-29-27-25-23-21-19-17-15-13-11-9-7-2/h8,10,14,16,20,22,26,28,32,34,37-38,40-41,43-44,46,48,63,65,71,73,78-79,83H,6-7,9,11-13,15,17-19,21,23-25,27,29-31,33,35-36,39,42,45,47,49-62,64,66-70,72,74-77H2,1-5H3,(H-,81,84,85,86)/b10-8-,16-14-,22-20-,28-26-,34-32-,38-37-,41-40-,44-43-,48-46-,65-63+,73-71+. The second kappa shape index (κ2) is 69.0. The van der Waals surface area contributed by atoms with Gasteiger partial charge in [0.2, 0.25) is 5.91 Å². The number of likely N-dealkylation sites (N-methyl/N-ethyl adjacent to an activating group) is 1. The molecule has 0 aliphatic heterocycles. The second-order valence-corrected chi connectivity index (χ2v) is 27.3. The third-order valence-corrected chi connectivity index (χ3v) is 17.1. The van der Waals surface area contributed by atoms with Crippen molar-refractivity contribution in [2.24, 2.45) is 0 Å². The lowest BCUT2D eigenvalue weighted by molar-refractivity contribution is -0.870. The molecule has 0 aromatic carbocycles. The third kappa shape index (κ3) is 71.9. The molecule has 89 heavy (non-hydrogen) atoms. The van der Waals surface area contributed by atoms with Crippen molar-refractivity contribution in [3.8, 4) is 0 Å². The van der Waals surface area contributed by atoms with E-state index in [4.69, 9.17) is 9.05 Å². The number of phosphoric ester groups is 1. The highest BCUT2D eigenvalue weighted by Gasteiger charge is 2.23. The molecule has 3 unspecified atom stereocenters. The van der Waals surface area contributed by atoms with Crippen LogP contribution in [0, 0.1) is 0 Å². The normalized spacial score (nSPS) is 14.4. The van der Waals surface area contributed by atoms with E-state index in [-0.39, 0.29) is 12.5 Å². The predicted molar refractivity (Wildman–Crippen MR) is 389 cm³/mol. The van der Waals surface area contributed by atoms with Crippen LogP contribution in [0.4, 0.5) is 0 Å². The minimum absolute atomic E-state index is 0.0122. The maximum Gasteiger partial charge on any atom is 0.268 e. The summed E-state index contributed by atoms with van der Waals surface area (Å²) in [7, 11) is 1.23. The average Bonchev–Trinajstić information content (AvgIpc) is 3.55. The number of phosphoric acid groups is 1. The number of nitrogens with one attached hydrogen (secondary N) is 1. The summed E-state index contributed by atoms with van der Waals surface area (Å²) in [6.45, 7) is 4.53. The first-order valence-corrected chi connectivity index (χ1v) is 38.5. The number of unbranched alkanes of at least 4 members (excludes halogenated alkanes) is 34. The fraction of sp³-hybridized carbons (Fsp3) is 0.713. The van der Waals surface area contributed by atoms with E-state index >= 15 is 0 Å². The number of aliphatic hydroxyl groups is 1. The Hall–Kier alpha value is -3.36. The van der Waals surface area contributed by atoms with Gasteiger partial charge in [-0.3, -0.25) is 9.36 Å². The van der Waals surface area contributed by atoms with Gasteiger partial charge in [-0.05, 0) is 103 Å². The van der Waals surface area contributed by atoms with Crippen molar-refractivity contribution < 1.29 is 32.9 Å². The molecule has 0 saturated heterocycles. The van der Waals surface area contributed by atoms with Gasteiger partial charge in [0.15, 0.2) is 0 Å². The zero-order valence-corrected chi connectivity index (χ0v) is 59.5. The Balaban J connectivity index is 4.12. The zero-order valence-electron chi connectivity index (χ0n) is 58.6. The highest BCUT2D eigenvalue weighted by molar-refractivity contribution is 7.45. The fourth-order valence-corrected chi connectivity index (χ4v) is 11.1. The van der Waals surface area contributed by atoms with Crippen LogP contribution >= 0.6 is 7.82 Å². The number of hydrogen-bond donors (Lipinski definition) is 2. The Bertz CT molecular complexity index is 1920. The van der Waals surface area contributed by atoms with Gasteiger partial charge in [-0.15, -0.1) is 0 Å². The van der Waals surface area contributed by atoms with Crippen LogP contribution < -0.4 is 10.2 Å². The summed E-state index contributed by atoms with van der Waals surface area (Å²) in [5, 5.41) is 14.0. The van der Waals surface area contributed by atoms with Gasteiger partial charge in [0.05, 0.1) is 39.9 Å². The molecule has 0 radical (unpaired) electrons. The second-order valence-electron chi connectivity index (χ2n) is 25.9. The van der Waals surface area contributed by atoms with Crippen LogP contribution in [-0.2, 0) is 18.4 Å². The minimum atomic E-state index is -4.62. The van der Waals surface area contributed by atoms with E-state index in [0.29, 0.717) is 17.4 Å². The molecule has 0 rings (SSSR count). The summed E-state index contributed by atoms with van der Waals surface area (Å²) in [5.74, 6) is -0.212. The molecule has 0 bridgehead atoms. The molecule has 8 nitrogen and oxygen atoms in total. The molecule has 512 valence electrons. The molecular formula is C80H141N2O6P. The fourth-order valence-electron chi connectivity index (χ4n) is 10.4. The number of aliphatic hydroxyl groups excluding tert-OH is 1. The highest BCUT2D eigenvalue weighted by atomic mass is 31.2. The Morgan fingerprint density at radius 3 is 1.04 bits per heavy atom. The first-order valence-electron chi connectivity index (χ1n) is 37.0. The van der Waals surface area contributed by atoms with Crippen molar-refractivity contribution in [3.63, 3.8) is 0 Å². The molecule has 0 fully saturated rings. The van der Waals surface area contributed by atoms with Crippen LogP contribution in [0.5, 0.6) is 0 Å². The van der Waals surface area contributed by atoms with Crippen molar-refractivity contribution in [3.05, 3.63) is 134 Å². The van der Waals surface area contributed by atoms with Gasteiger partial charge in [0.25, 0.3) is 7.82 Å². The molecule has 0 spiro atoms. The van der Waals surface area contributed by atoms with Crippen LogP contribution in [0.25, 0.3) is 0 Å². The molecule has 9 heteroatoms. The van der Waals surface area contributed by atoms with E-state index in [2.05, 4.69) is 141 Å². The number of carbonyl (C=O) groups excluding carboxylic acids is 1. The zero-order chi connectivity index (χ0) is 64.8. The first kappa shape index (κ1) is 85.6. The summed E-state index contributed by atoms with van der Waals surface area (Å²) in [6, 6.07) is -0.916. The topological polar surface area (TPSA) is 108 Å². The smallest absolute Gasteiger partial charge is 0.268 e. The van der Waals surface area contributed by atoms with Crippen LogP contribution in [0.2, 0.25) is 0 Å². The lowest BCUT2D eigenvalue weighted by Gasteiger charge is -2.29. The molecule has 1 amide bonds. The van der Waals surface area contributed by atoms with E-state index in [1.165, 1.54) is 193 Å². The van der Waals surface area contributed by atoms with Crippen molar-refractivity contribution in [2.45, 2.75) is 328 Å². The number of allylic oxidation sites excluding steroid dienone is 21. The Morgan fingerprint density at radius 1 is 0.404 bits per heavy atom. The lowest BCUT2D eigenvalue weighted by Crippen LogP contribution is -2.45. The molecule has 2 N–H and O–H groups in total. The SMILES string of the molecule is CC/C=C\C/C=C\C/C=C\C/C=C\C/C=C\C/C=C\C/C=C\C/C=C\C/C=C\CCCCCCCCCCCCCC(=O)NC(COP(=O)([O-])OCC[N+](C)(C)C)C(O)/C=C/CC/C=C/CCCCCCCCCCCCCCCCCCCCCCCC. The first-order chi connectivity index (χ1) is 43.5. The molecule has 3 atom stereocenters. The molecule has 0 aliphatic rings. The number of quaternary nitrogens is 1. The van der Waals surface area contributed by atoms with Crippen molar-refractivity contribution in [1.82, 2.24) is 5.32 Å². The lowest BCUT2D eigenvalue weighted by atomic mass is 10.0. The van der Waals surface area contributed by atoms with Crippen LogP contribution in [0.3, 0.4) is 0 Å². The summed E-state index contributed by atoms with van der Waals surface area (Å²) in [4.78, 5) is 25.7. The highest BCUT2D eigenvalue weighted by Crippen LogP contribution is 2.38. The molecule has 0 saturated carbocycles. The van der Waals surface area contributed by atoms with Gasteiger partial charge in [-0.25, -0.2) is 0 Å². The molecule has 0 aromatic rings. The maximum atomic E-state index is 13.1. The Kier molecular flexibility index (Phi) is 66.4. The number of carbonyl (C=O) groups is 1. The Labute approximate surface area is 551 Å². The largest absolute Gasteiger partial charge is 0.756 e. The van der Waals surface area contributed by atoms with E-state index in [0.717, 1.165) is 103 Å². The van der Waals surface area contributed by atoms with Gasteiger partial charge < -0.3 is 28.8 Å². The number of rotatable bonds is 67. The van der Waals surface area contributed by atoms with E-state index in [9.17, 15) is 19.4 Å². The van der Waals surface area contributed by atoms with Crippen molar-refractivity contribution in [1.29, 1.82) is 0 Å². The summed E-state index contributed by atoms with van der Waals surface area (Å²) in [5.41, 5.74) is 0. The van der Waals surface area contributed by atoms with Gasteiger partial charge in [-0.2, -0.15) is 0 Å². The average molecular weight is 1260 g/mol. The van der Waals surface area contributed by atoms with Gasteiger partial charge in [0, 0.05) is 6.42 Å². The van der Waals surface area contributed by atoms with E-state index < -0.39 is 26.6 Å². The van der Waals surface area contributed by atoms with Crippen LogP contribution in [0.15, 0.2) is 134 Å². The van der Waals surface area contributed by atoms with Gasteiger partial charge in [-0.1, -0.05) is 340 Å². The Morgan fingerprint density at radius 2 is 0.697 bits per heavy atom. The molecule has 0 aliphatic carbocycles. The monoisotopic (exact) mass is 1260 g/mol. The van der Waals surface area contributed by atoms with Gasteiger partial charge in [0.1, 0.15) is 13.2 Å². The predicted octanol–water partition coefficient (Wildman–Crippen LogP) is 23.5. The number of amides is 1. The molecular weight excluding hydrogens is 1120 g/mol. The number of nitrogens with zero attached hydrogens (tertiary/aromatic N) is 1.